The highest BCUT2D eigenvalue weighted by molar-refractivity contribution is 9.10. The van der Waals surface area contributed by atoms with E-state index in [1.165, 1.54) is 0 Å². The van der Waals surface area contributed by atoms with Crippen LogP contribution in [0.15, 0.2) is 22.7 Å². The van der Waals surface area contributed by atoms with Crippen LogP contribution in [0.4, 0.5) is 5.69 Å². The van der Waals surface area contributed by atoms with Crippen LogP contribution in [0.5, 0.6) is 0 Å². The van der Waals surface area contributed by atoms with Crippen molar-refractivity contribution >= 4 is 27.5 Å². The van der Waals surface area contributed by atoms with Gasteiger partial charge in [0.1, 0.15) is 5.60 Å². The number of hydrogen-bond acceptors (Lipinski definition) is 2. The van der Waals surface area contributed by atoms with Crippen molar-refractivity contribution in [2.75, 3.05) is 12.4 Å². The van der Waals surface area contributed by atoms with Crippen LogP contribution in [-0.2, 0) is 9.53 Å². The standard InChI is InChI=1S/C13H18BrNO2/c1-5-13(3,17-4)12(16)15-11-7-6-9(2)8-10(11)14/h6-8H,5H2,1-4H3,(H,15,16). The van der Waals surface area contributed by atoms with E-state index >= 15 is 0 Å². The highest BCUT2D eigenvalue weighted by Crippen LogP contribution is 2.25. The molecule has 17 heavy (non-hydrogen) atoms. The molecule has 1 rings (SSSR count). The Balaban J connectivity index is 2.88. The number of ether oxygens (including phenoxy) is 1. The summed E-state index contributed by atoms with van der Waals surface area (Å²) in [6, 6.07) is 5.80. The number of benzene rings is 1. The third kappa shape index (κ3) is 3.30. The minimum Gasteiger partial charge on any atom is -0.369 e. The summed E-state index contributed by atoms with van der Waals surface area (Å²) in [7, 11) is 1.55. The Bertz CT molecular complexity index is 414. The normalized spacial score (nSPS) is 14.2. The van der Waals surface area contributed by atoms with Crippen molar-refractivity contribution in [2.45, 2.75) is 32.8 Å². The van der Waals surface area contributed by atoms with Crippen molar-refractivity contribution in [3.8, 4) is 0 Å². The molecule has 0 aromatic heterocycles. The molecule has 0 saturated carbocycles. The molecule has 0 aliphatic carbocycles. The first kappa shape index (κ1) is 14.2. The number of nitrogens with one attached hydrogen (secondary N) is 1. The molecule has 1 atom stereocenters. The SMILES string of the molecule is CCC(C)(OC)C(=O)Nc1ccc(C)cc1Br. The maximum Gasteiger partial charge on any atom is 0.256 e. The van der Waals surface area contributed by atoms with E-state index in [-0.39, 0.29) is 5.91 Å². The quantitative estimate of drug-likeness (QED) is 0.924. The van der Waals surface area contributed by atoms with Gasteiger partial charge in [-0.25, -0.2) is 0 Å². The Morgan fingerprint density at radius 1 is 1.53 bits per heavy atom. The van der Waals surface area contributed by atoms with E-state index in [0.717, 1.165) is 15.7 Å². The molecule has 0 bridgehead atoms. The highest BCUT2D eigenvalue weighted by Gasteiger charge is 2.31. The fourth-order valence-electron chi connectivity index (χ4n) is 1.37. The van der Waals surface area contributed by atoms with E-state index in [4.69, 9.17) is 4.74 Å². The first-order valence-corrected chi connectivity index (χ1v) is 6.35. The number of hydrogen-bond donors (Lipinski definition) is 1. The van der Waals surface area contributed by atoms with Gasteiger partial charge in [0.25, 0.3) is 5.91 Å². The summed E-state index contributed by atoms with van der Waals surface area (Å²) < 4.78 is 6.13. The number of aryl methyl sites for hydroxylation is 1. The van der Waals surface area contributed by atoms with E-state index in [1.807, 2.05) is 32.0 Å². The van der Waals surface area contributed by atoms with Gasteiger partial charge in [-0.1, -0.05) is 13.0 Å². The van der Waals surface area contributed by atoms with Crippen LogP contribution in [0.2, 0.25) is 0 Å². The molecule has 1 aromatic rings. The van der Waals surface area contributed by atoms with Crippen LogP contribution >= 0.6 is 15.9 Å². The van der Waals surface area contributed by atoms with Crippen molar-refractivity contribution < 1.29 is 9.53 Å². The molecule has 0 aliphatic heterocycles. The lowest BCUT2D eigenvalue weighted by Crippen LogP contribution is -2.41. The molecule has 0 radical (unpaired) electrons. The summed E-state index contributed by atoms with van der Waals surface area (Å²) in [6.45, 7) is 5.71. The lowest BCUT2D eigenvalue weighted by atomic mass is 10.0. The van der Waals surface area contributed by atoms with Gasteiger partial charge in [-0.2, -0.15) is 0 Å². The van der Waals surface area contributed by atoms with Gasteiger partial charge in [-0.15, -0.1) is 0 Å². The smallest absolute Gasteiger partial charge is 0.256 e. The van der Waals surface area contributed by atoms with Gasteiger partial charge in [-0.3, -0.25) is 4.79 Å². The maximum atomic E-state index is 12.1. The molecule has 0 heterocycles. The summed E-state index contributed by atoms with van der Waals surface area (Å²) >= 11 is 3.43. The second-order valence-electron chi connectivity index (χ2n) is 4.23. The summed E-state index contributed by atoms with van der Waals surface area (Å²) in [5, 5.41) is 2.87. The van der Waals surface area contributed by atoms with Crippen LogP contribution in [-0.4, -0.2) is 18.6 Å². The second kappa shape index (κ2) is 5.65. The Labute approximate surface area is 111 Å². The Morgan fingerprint density at radius 3 is 2.65 bits per heavy atom. The first-order chi connectivity index (χ1) is 7.92. The predicted octanol–water partition coefficient (Wildman–Crippen LogP) is 3.51. The summed E-state index contributed by atoms with van der Waals surface area (Å²) in [5.74, 6) is -0.132. The average molecular weight is 300 g/mol. The molecule has 1 amide bonds. The zero-order valence-corrected chi connectivity index (χ0v) is 12.2. The molecule has 1 aromatic carbocycles. The number of anilines is 1. The van der Waals surface area contributed by atoms with Crippen LogP contribution in [0.1, 0.15) is 25.8 Å². The summed E-state index contributed by atoms with van der Waals surface area (Å²) in [6.07, 6.45) is 0.624. The number of carbonyl (C=O) groups excluding carboxylic acids is 1. The highest BCUT2D eigenvalue weighted by atomic mass is 79.9. The van der Waals surface area contributed by atoms with E-state index in [0.29, 0.717) is 6.42 Å². The number of carbonyl (C=O) groups is 1. The summed E-state index contributed by atoms with van der Waals surface area (Å²) in [4.78, 5) is 12.1. The number of halogens is 1. The van der Waals surface area contributed by atoms with Gasteiger partial charge in [0, 0.05) is 11.6 Å². The van der Waals surface area contributed by atoms with Gasteiger partial charge in [0.2, 0.25) is 0 Å². The fourth-order valence-corrected chi connectivity index (χ4v) is 1.97. The maximum absolute atomic E-state index is 12.1. The molecule has 94 valence electrons. The molecular formula is C13H18BrNO2. The molecule has 1 N–H and O–H groups in total. The largest absolute Gasteiger partial charge is 0.369 e. The molecule has 1 unspecified atom stereocenters. The minimum atomic E-state index is -0.787. The summed E-state index contributed by atoms with van der Waals surface area (Å²) in [5.41, 5.74) is 1.11. The van der Waals surface area contributed by atoms with E-state index in [2.05, 4.69) is 21.2 Å². The van der Waals surface area contributed by atoms with Crippen molar-refractivity contribution in [2.24, 2.45) is 0 Å². The van der Waals surface area contributed by atoms with Crippen LogP contribution in [0.25, 0.3) is 0 Å². The molecule has 0 saturated heterocycles. The van der Waals surface area contributed by atoms with Gasteiger partial charge in [-0.05, 0) is 53.9 Å². The zero-order valence-electron chi connectivity index (χ0n) is 10.6. The van der Waals surface area contributed by atoms with Gasteiger partial charge in [0.15, 0.2) is 0 Å². The van der Waals surface area contributed by atoms with Crippen molar-refractivity contribution in [1.29, 1.82) is 0 Å². The zero-order chi connectivity index (χ0) is 13.1. The number of amides is 1. The third-order valence-electron chi connectivity index (χ3n) is 2.98. The third-order valence-corrected chi connectivity index (χ3v) is 3.63. The van der Waals surface area contributed by atoms with Crippen molar-refractivity contribution in [3.63, 3.8) is 0 Å². The molecule has 0 aliphatic rings. The van der Waals surface area contributed by atoms with Crippen LogP contribution in [0.3, 0.4) is 0 Å². The molecule has 0 spiro atoms. The number of rotatable bonds is 4. The van der Waals surface area contributed by atoms with E-state index in [9.17, 15) is 4.79 Å². The molecule has 0 fully saturated rings. The Hall–Kier alpha value is -0.870. The molecular weight excluding hydrogens is 282 g/mol. The Morgan fingerprint density at radius 2 is 2.18 bits per heavy atom. The van der Waals surface area contributed by atoms with E-state index < -0.39 is 5.60 Å². The van der Waals surface area contributed by atoms with Crippen molar-refractivity contribution in [1.82, 2.24) is 0 Å². The minimum absolute atomic E-state index is 0.132. The van der Waals surface area contributed by atoms with Crippen molar-refractivity contribution in [3.05, 3.63) is 28.2 Å². The fraction of sp³-hybridized carbons (Fsp3) is 0.462. The predicted molar refractivity (Wildman–Crippen MR) is 73.2 cm³/mol. The van der Waals surface area contributed by atoms with Crippen LogP contribution in [0, 0.1) is 6.92 Å². The topological polar surface area (TPSA) is 38.3 Å². The van der Waals surface area contributed by atoms with E-state index in [1.54, 1.807) is 14.0 Å². The Kier molecular flexibility index (Phi) is 4.71. The monoisotopic (exact) mass is 299 g/mol. The molecule has 3 nitrogen and oxygen atoms in total. The second-order valence-corrected chi connectivity index (χ2v) is 5.08. The van der Waals surface area contributed by atoms with Gasteiger partial charge < -0.3 is 10.1 Å². The lowest BCUT2D eigenvalue weighted by Gasteiger charge is -2.25. The molecule has 4 heteroatoms. The number of methoxy groups -OCH3 is 1. The van der Waals surface area contributed by atoms with Crippen LogP contribution < -0.4 is 5.32 Å². The lowest BCUT2D eigenvalue weighted by molar-refractivity contribution is -0.136. The van der Waals surface area contributed by atoms with Gasteiger partial charge >= 0.3 is 0 Å². The average Bonchev–Trinajstić information content (AvgIpc) is 2.31. The first-order valence-electron chi connectivity index (χ1n) is 5.55. The van der Waals surface area contributed by atoms with Gasteiger partial charge in [0.05, 0.1) is 5.69 Å².